The molecule has 0 aliphatic rings. The van der Waals surface area contributed by atoms with Crippen LogP contribution in [0.15, 0.2) is 69.3 Å². The van der Waals surface area contributed by atoms with Crippen molar-refractivity contribution in [3.8, 4) is 0 Å². The summed E-state index contributed by atoms with van der Waals surface area (Å²) >= 11 is 3.16. The Bertz CT molecular complexity index is 908. The first kappa shape index (κ1) is 16.2. The van der Waals surface area contributed by atoms with Crippen molar-refractivity contribution in [2.75, 3.05) is 5.75 Å². The van der Waals surface area contributed by atoms with Gasteiger partial charge in [-0.05, 0) is 31.2 Å². The number of nitrogens with zero attached hydrogens (tertiary/aromatic N) is 1. The number of aryl methyl sites for hydroxylation is 1. The highest BCUT2D eigenvalue weighted by Gasteiger charge is 2.09. The molecular weight excluding hydrogens is 346 g/mol. The molecule has 0 unspecified atom stereocenters. The molecule has 0 spiro atoms. The Kier molecular flexibility index (Phi) is 4.84. The Morgan fingerprint density at radius 3 is 2.61 bits per heavy atom. The van der Waals surface area contributed by atoms with Gasteiger partial charge in [0, 0.05) is 11.2 Å². The number of rotatable bonds is 5. The monoisotopic (exact) mass is 361 g/mol. The van der Waals surface area contributed by atoms with E-state index in [9.17, 15) is 8.42 Å². The number of thioether (sulfide) groups is 1. The van der Waals surface area contributed by atoms with E-state index in [0.29, 0.717) is 10.6 Å². The van der Waals surface area contributed by atoms with Crippen LogP contribution in [0.4, 0.5) is 0 Å². The van der Waals surface area contributed by atoms with E-state index in [1.807, 2.05) is 31.2 Å². The van der Waals surface area contributed by atoms with E-state index in [2.05, 4.69) is 4.98 Å². The molecule has 0 bridgehead atoms. The number of aromatic nitrogens is 1. The van der Waals surface area contributed by atoms with Gasteiger partial charge in [0.15, 0.2) is 14.2 Å². The summed E-state index contributed by atoms with van der Waals surface area (Å²) in [6.07, 6.45) is 1.67. The normalized spacial score (nSPS) is 12.2. The molecule has 0 aliphatic carbocycles. The summed E-state index contributed by atoms with van der Waals surface area (Å²) in [7, 11) is -3.37. The lowest BCUT2D eigenvalue weighted by Crippen LogP contribution is -1.96. The summed E-state index contributed by atoms with van der Waals surface area (Å²) in [6.45, 7) is 1.93. The van der Waals surface area contributed by atoms with Crippen LogP contribution in [0, 0.1) is 6.92 Å². The molecule has 1 aromatic heterocycles. The number of benzene rings is 2. The van der Waals surface area contributed by atoms with Crippen molar-refractivity contribution in [1.29, 1.82) is 0 Å². The lowest BCUT2D eigenvalue weighted by molar-refractivity contribution is 0.604. The second kappa shape index (κ2) is 6.86. The van der Waals surface area contributed by atoms with Crippen LogP contribution >= 0.6 is 23.1 Å². The highest BCUT2D eigenvalue weighted by Crippen LogP contribution is 2.29. The van der Waals surface area contributed by atoms with Gasteiger partial charge in [0.2, 0.25) is 0 Å². The zero-order valence-electron chi connectivity index (χ0n) is 12.5. The first-order valence-electron chi connectivity index (χ1n) is 7.01. The van der Waals surface area contributed by atoms with E-state index >= 15 is 0 Å². The Labute approximate surface area is 144 Å². The van der Waals surface area contributed by atoms with Crippen molar-refractivity contribution in [1.82, 2.24) is 4.98 Å². The van der Waals surface area contributed by atoms with Gasteiger partial charge < -0.3 is 0 Å². The molecule has 6 heteroatoms. The zero-order valence-corrected chi connectivity index (χ0v) is 14.9. The summed E-state index contributed by atoms with van der Waals surface area (Å²) in [5.74, 6) is 0.574. The quantitative estimate of drug-likeness (QED) is 0.619. The van der Waals surface area contributed by atoms with Gasteiger partial charge in [-0.2, -0.15) is 0 Å². The van der Waals surface area contributed by atoms with Gasteiger partial charge in [0.1, 0.15) is 0 Å². The fraction of sp³-hybridized carbons (Fsp3) is 0.118. The minimum Gasteiger partial charge on any atom is -0.230 e. The maximum atomic E-state index is 12.2. The lowest BCUT2D eigenvalue weighted by atomic mass is 10.2. The maximum Gasteiger partial charge on any atom is 0.199 e. The van der Waals surface area contributed by atoms with Gasteiger partial charge in [0.05, 0.1) is 15.1 Å². The molecular formula is C17H15NO2S3. The summed E-state index contributed by atoms with van der Waals surface area (Å²) in [5.41, 5.74) is 2.02. The van der Waals surface area contributed by atoms with Gasteiger partial charge in [-0.25, -0.2) is 13.4 Å². The number of hydrogen-bond donors (Lipinski definition) is 0. The van der Waals surface area contributed by atoms with Gasteiger partial charge in [-0.15, -0.1) is 11.3 Å². The molecule has 0 amide bonds. The molecule has 0 saturated heterocycles. The average molecular weight is 362 g/mol. The Balaban J connectivity index is 1.65. The van der Waals surface area contributed by atoms with Gasteiger partial charge in [-0.1, -0.05) is 47.7 Å². The molecule has 0 N–H and O–H groups in total. The second-order valence-corrected chi connectivity index (χ2v) is 9.12. The first-order valence-corrected chi connectivity index (χ1v) is 10.4. The molecule has 3 rings (SSSR count). The maximum absolute atomic E-state index is 12.2. The van der Waals surface area contributed by atoms with Crippen LogP contribution in [0.1, 0.15) is 5.56 Å². The fourth-order valence-electron chi connectivity index (χ4n) is 2.00. The number of fused-ring (bicyclic) bond motifs is 1. The minimum absolute atomic E-state index is 0.323. The van der Waals surface area contributed by atoms with Crippen molar-refractivity contribution in [2.24, 2.45) is 0 Å². The third kappa shape index (κ3) is 4.02. The third-order valence-electron chi connectivity index (χ3n) is 3.20. The average Bonchev–Trinajstić information content (AvgIpc) is 2.95. The highest BCUT2D eigenvalue weighted by atomic mass is 32.2. The largest absolute Gasteiger partial charge is 0.230 e. The molecule has 0 fully saturated rings. The molecule has 0 radical (unpaired) electrons. The number of para-hydroxylation sites is 1. The van der Waals surface area contributed by atoms with Crippen molar-refractivity contribution in [3.63, 3.8) is 0 Å². The van der Waals surface area contributed by atoms with Crippen molar-refractivity contribution >= 4 is 43.2 Å². The SMILES string of the molecule is Cc1ccc(S(=O)(=O)/C=C/CSc2nc3ccccc3s2)cc1. The van der Waals surface area contributed by atoms with Crippen LogP contribution in [-0.2, 0) is 9.84 Å². The molecule has 3 nitrogen and oxygen atoms in total. The standard InChI is InChI=1S/C17H15NO2S3/c1-13-7-9-14(10-8-13)23(19,20)12-4-11-21-17-18-15-5-2-3-6-16(15)22-17/h2-10,12H,11H2,1H3/b12-4+. The van der Waals surface area contributed by atoms with E-state index in [1.54, 1.807) is 53.4 Å². The summed E-state index contributed by atoms with van der Waals surface area (Å²) in [4.78, 5) is 4.84. The summed E-state index contributed by atoms with van der Waals surface area (Å²) < 4.78 is 26.5. The molecule has 2 aromatic carbocycles. The predicted molar refractivity (Wildman–Crippen MR) is 97.8 cm³/mol. The molecule has 0 atom stereocenters. The third-order valence-corrected chi connectivity index (χ3v) is 6.81. The molecule has 23 heavy (non-hydrogen) atoms. The summed E-state index contributed by atoms with van der Waals surface area (Å²) in [5, 5.41) is 1.28. The van der Waals surface area contributed by atoms with Crippen LogP contribution in [0.3, 0.4) is 0 Å². The van der Waals surface area contributed by atoms with Crippen molar-refractivity contribution in [3.05, 3.63) is 65.6 Å². The topological polar surface area (TPSA) is 47.0 Å². The van der Waals surface area contributed by atoms with E-state index in [1.165, 1.54) is 5.41 Å². The van der Waals surface area contributed by atoms with Gasteiger partial charge >= 0.3 is 0 Å². The van der Waals surface area contributed by atoms with E-state index < -0.39 is 9.84 Å². The zero-order chi connectivity index (χ0) is 16.3. The number of hydrogen-bond acceptors (Lipinski definition) is 5. The van der Waals surface area contributed by atoms with Crippen LogP contribution in [0.2, 0.25) is 0 Å². The molecule has 0 saturated carbocycles. The summed E-state index contributed by atoms with van der Waals surface area (Å²) in [6, 6.07) is 14.8. The molecule has 118 valence electrons. The fourth-order valence-corrected chi connectivity index (χ4v) is 5.05. The predicted octanol–water partition coefficient (Wildman–Crippen LogP) is 4.68. The Morgan fingerprint density at radius 1 is 1.13 bits per heavy atom. The molecule has 0 aliphatic heterocycles. The lowest BCUT2D eigenvalue weighted by Gasteiger charge is -1.99. The van der Waals surface area contributed by atoms with E-state index in [0.717, 1.165) is 20.1 Å². The second-order valence-electron chi connectivity index (χ2n) is 4.99. The van der Waals surface area contributed by atoms with E-state index in [4.69, 9.17) is 0 Å². The smallest absolute Gasteiger partial charge is 0.199 e. The number of sulfone groups is 1. The van der Waals surface area contributed by atoms with Crippen molar-refractivity contribution < 1.29 is 8.42 Å². The number of thiazole rings is 1. The Hall–Kier alpha value is -1.63. The first-order chi connectivity index (χ1) is 11.0. The van der Waals surface area contributed by atoms with Crippen molar-refractivity contribution in [2.45, 2.75) is 16.2 Å². The highest BCUT2D eigenvalue weighted by molar-refractivity contribution is 8.01. The van der Waals surface area contributed by atoms with Gasteiger partial charge in [0.25, 0.3) is 0 Å². The van der Waals surface area contributed by atoms with Crippen LogP contribution in [0.5, 0.6) is 0 Å². The minimum atomic E-state index is -3.37. The van der Waals surface area contributed by atoms with Crippen LogP contribution < -0.4 is 0 Å². The molecule has 3 aromatic rings. The Morgan fingerprint density at radius 2 is 1.87 bits per heavy atom. The van der Waals surface area contributed by atoms with E-state index in [-0.39, 0.29) is 0 Å². The van der Waals surface area contributed by atoms with Crippen LogP contribution in [-0.4, -0.2) is 19.2 Å². The van der Waals surface area contributed by atoms with Crippen LogP contribution in [0.25, 0.3) is 10.2 Å². The molecule has 1 heterocycles. The van der Waals surface area contributed by atoms with Gasteiger partial charge in [-0.3, -0.25) is 0 Å².